The molecule has 0 radical (unpaired) electrons. The maximum absolute atomic E-state index is 5.72. The Morgan fingerprint density at radius 3 is 2.74 bits per heavy atom. The van der Waals surface area contributed by atoms with Gasteiger partial charge in [0.2, 0.25) is 0 Å². The highest BCUT2D eigenvalue weighted by Gasteiger charge is 1.97. The Hall–Kier alpha value is -1.32. The van der Waals surface area contributed by atoms with Crippen LogP contribution in [-0.2, 0) is 6.42 Å². The van der Waals surface area contributed by atoms with Gasteiger partial charge < -0.3 is 10.1 Å². The molecule has 3 heteroatoms. The highest BCUT2D eigenvalue weighted by molar-refractivity contribution is 7.09. The minimum atomic E-state index is 0.715. The lowest BCUT2D eigenvalue weighted by molar-refractivity contribution is 0.314. The molecule has 0 unspecified atom stereocenters. The molecule has 2 rings (SSSR count). The lowest BCUT2D eigenvalue weighted by Gasteiger charge is -2.09. The second kappa shape index (κ2) is 7.31. The van der Waals surface area contributed by atoms with Gasteiger partial charge in [-0.15, -0.1) is 11.3 Å². The van der Waals surface area contributed by atoms with Crippen molar-refractivity contribution in [2.24, 2.45) is 0 Å². The highest BCUT2D eigenvalue weighted by atomic mass is 32.1. The molecule has 0 atom stereocenters. The molecule has 1 N–H and O–H groups in total. The van der Waals surface area contributed by atoms with Gasteiger partial charge in [-0.05, 0) is 55.0 Å². The summed E-state index contributed by atoms with van der Waals surface area (Å²) in [5.41, 5.74) is 2.59. The van der Waals surface area contributed by atoms with Gasteiger partial charge in [-0.3, -0.25) is 0 Å². The minimum absolute atomic E-state index is 0.715. The predicted molar refractivity (Wildman–Crippen MR) is 82.3 cm³/mol. The maximum atomic E-state index is 5.72. The molecular formula is C16H21NOS. The molecule has 0 saturated carbocycles. The van der Waals surface area contributed by atoms with Crippen molar-refractivity contribution in [2.75, 3.05) is 19.7 Å². The molecule has 0 saturated heterocycles. The standard InChI is InChI=1S/C16H21NOS/c1-13-5-6-15(12-14(13)2)18-10-9-17-8-7-16-4-3-11-19-16/h3-6,11-12,17H,7-10H2,1-2H3. The fourth-order valence-electron chi connectivity index (χ4n) is 1.84. The molecular weight excluding hydrogens is 254 g/mol. The van der Waals surface area contributed by atoms with Gasteiger partial charge in [0.25, 0.3) is 0 Å². The van der Waals surface area contributed by atoms with Gasteiger partial charge in [0.15, 0.2) is 0 Å². The summed E-state index contributed by atoms with van der Waals surface area (Å²) in [5.74, 6) is 0.961. The van der Waals surface area contributed by atoms with Crippen LogP contribution in [0.25, 0.3) is 0 Å². The van der Waals surface area contributed by atoms with Crippen molar-refractivity contribution in [2.45, 2.75) is 20.3 Å². The molecule has 102 valence electrons. The number of rotatable bonds is 7. The first-order chi connectivity index (χ1) is 9.25. The van der Waals surface area contributed by atoms with E-state index in [0.29, 0.717) is 6.61 Å². The first kappa shape index (κ1) is 14.1. The average molecular weight is 275 g/mol. The maximum Gasteiger partial charge on any atom is 0.119 e. The van der Waals surface area contributed by atoms with Crippen molar-refractivity contribution in [1.29, 1.82) is 0 Å². The number of aryl methyl sites for hydroxylation is 2. The molecule has 0 bridgehead atoms. The average Bonchev–Trinajstić information content (AvgIpc) is 2.91. The first-order valence-electron chi connectivity index (χ1n) is 6.69. The van der Waals surface area contributed by atoms with E-state index in [9.17, 15) is 0 Å². The van der Waals surface area contributed by atoms with Gasteiger partial charge in [-0.1, -0.05) is 12.1 Å². The van der Waals surface area contributed by atoms with Crippen molar-refractivity contribution < 1.29 is 4.74 Å². The summed E-state index contributed by atoms with van der Waals surface area (Å²) in [7, 11) is 0. The van der Waals surface area contributed by atoms with E-state index in [2.05, 4.69) is 48.8 Å². The molecule has 0 spiro atoms. The summed E-state index contributed by atoms with van der Waals surface area (Å²) in [6.07, 6.45) is 1.10. The van der Waals surface area contributed by atoms with E-state index in [1.807, 2.05) is 17.4 Å². The minimum Gasteiger partial charge on any atom is -0.492 e. The Bertz CT molecular complexity index is 493. The molecule has 1 aromatic carbocycles. The zero-order valence-corrected chi connectivity index (χ0v) is 12.4. The number of nitrogens with one attached hydrogen (secondary N) is 1. The number of thiophene rings is 1. The van der Waals surface area contributed by atoms with Gasteiger partial charge in [0.05, 0.1) is 0 Å². The summed E-state index contributed by atoms with van der Waals surface area (Å²) in [5, 5.41) is 5.52. The summed E-state index contributed by atoms with van der Waals surface area (Å²) < 4.78 is 5.72. The summed E-state index contributed by atoms with van der Waals surface area (Å²) in [6.45, 7) is 6.84. The Labute approximate surface area is 119 Å². The second-order valence-electron chi connectivity index (χ2n) is 4.67. The Morgan fingerprint density at radius 2 is 2.00 bits per heavy atom. The van der Waals surface area contributed by atoms with Gasteiger partial charge in [-0.25, -0.2) is 0 Å². The van der Waals surface area contributed by atoms with Gasteiger partial charge in [0.1, 0.15) is 12.4 Å². The van der Waals surface area contributed by atoms with Gasteiger partial charge >= 0.3 is 0 Å². The number of benzene rings is 1. The van der Waals surface area contributed by atoms with E-state index in [1.165, 1.54) is 16.0 Å². The van der Waals surface area contributed by atoms with E-state index >= 15 is 0 Å². The predicted octanol–water partition coefficient (Wildman–Crippen LogP) is 3.58. The van der Waals surface area contributed by atoms with Gasteiger partial charge in [0, 0.05) is 18.0 Å². The molecule has 0 aliphatic carbocycles. The highest BCUT2D eigenvalue weighted by Crippen LogP contribution is 2.16. The van der Waals surface area contributed by atoms with Crippen LogP contribution < -0.4 is 10.1 Å². The fourth-order valence-corrected chi connectivity index (χ4v) is 2.55. The Morgan fingerprint density at radius 1 is 1.11 bits per heavy atom. The van der Waals surface area contributed by atoms with Crippen molar-refractivity contribution in [3.8, 4) is 5.75 Å². The molecule has 1 heterocycles. The molecule has 19 heavy (non-hydrogen) atoms. The van der Waals surface area contributed by atoms with Crippen LogP contribution in [0.1, 0.15) is 16.0 Å². The zero-order chi connectivity index (χ0) is 13.5. The first-order valence-corrected chi connectivity index (χ1v) is 7.57. The zero-order valence-electron chi connectivity index (χ0n) is 11.6. The molecule has 0 amide bonds. The normalized spacial score (nSPS) is 10.6. The van der Waals surface area contributed by atoms with E-state index in [1.54, 1.807) is 0 Å². The van der Waals surface area contributed by atoms with Crippen LogP contribution in [0.3, 0.4) is 0 Å². The van der Waals surface area contributed by atoms with Crippen molar-refractivity contribution in [3.63, 3.8) is 0 Å². The third-order valence-electron chi connectivity index (χ3n) is 3.15. The third kappa shape index (κ3) is 4.69. The second-order valence-corrected chi connectivity index (χ2v) is 5.71. The fraction of sp³-hybridized carbons (Fsp3) is 0.375. The van der Waals surface area contributed by atoms with Crippen LogP contribution in [0.4, 0.5) is 0 Å². The van der Waals surface area contributed by atoms with Crippen molar-refractivity contribution >= 4 is 11.3 Å². The van der Waals surface area contributed by atoms with E-state index in [0.717, 1.165) is 25.3 Å². The molecule has 0 aliphatic rings. The van der Waals surface area contributed by atoms with Crippen LogP contribution >= 0.6 is 11.3 Å². The van der Waals surface area contributed by atoms with E-state index in [4.69, 9.17) is 4.74 Å². The number of ether oxygens (including phenoxy) is 1. The molecule has 1 aromatic heterocycles. The van der Waals surface area contributed by atoms with Crippen LogP contribution in [0, 0.1) is 13.8 Å². The van der Waals surface area contributed by atoms with Crippen LogP contribution in [0.2, 0.25) is 0 Å². The van der Waals surface area contributed by atoms with E-state index < -0.39 is 0 Å². The SMILES string of the molecule is Cc1ccc(OCCNCCc2cccs2)cc1C. The molecule has 0 aliphatic heterocycles. The van der Waals surface area contributed by atoms with Crippen LogP contribution in [-0.4, -0.2) is 19.7 Å². The van der Waals surface area contributed by atoms with E-state index in [-0.39, 0.29) is 0 Å². The summed E-state index contributed by atoms with van der Waals surface area (Å²) in [4.78, 5) is 1.43. The van der Waals surface area contributed by atoms with Gasteiger partial charge in [-0.2, -0.15) is 0 Å². The number of hydrogen-bond acceptors (Lipinski definition) is 3. The van der Waals surface area contributed by atoms with Crippen molar-refractivity contribution in [1.82, 2.24) is 5.32 Å². The van der Waals surface area contributed by atoms with Crippen molar-refractivity contribution in [3.05, 3.63) is 51.7 Å². The van der Waals surface area contributed by atoms with Crippen LogP contribution in [0.5, 0.6) is 5.75 Å². The summed E-state index contributed by atoms with van der Waals surface area (Å²) in [6, 6.07) is 10.5. The topological polar surface area (TPSA) is 21.3 Å². The number of hydrogen-bond donors (Lipinski definition) is 1. The smallest absolute Gasteiger partial charge is 0.119 e. The largest absolute Gasteiger partial charge is 0.492 e. The molecule has 2 nitrogen and oxygen atoms in total. The quantitative estimate of drug-likeness (QED) is 0.780. The lowest BCUT2D eigenvalue weighted by Crippen LogP contribution is -2.23. The van der Waals surface area contributed by atoms with Crippen LogP contribution in [0.15, 0.2) is 35.7 Å². The third-order valence-corrected chi connectivity index (χ3v) is 4.09. The summed E-state index contributed by atoms with van der Waals surface area (Å²) >= 11 is 1.82. The molecule has 0 fully saturated rings. The molecule has 2 aromatic rings. The Balaban J connectivity index is 1.60. The monoisotopic (exact) mass is 275 g/mol. The Kier molecular flexibility index (Phi) is 5.43. The lowest BCUT2D eigenvalue weighted by atomic mass is 10.1.